The van der Waals surface area contributed by atoms with Gasteiger partial charge in [0.25, 0.3) is 0 Å². The van der Waals surface area contributed by atoms with Gasteiger partial charge in [-0.1, -0.05) is 0 Å². The number of aliphatic carboxylic acids is 1. The van der Waals surface area contributed by atoms with Crippen LogP contribution in [0.1, 0.15) is 19.3 Å². The van der Waals surface area contributed by atoms with Gasteiger partial charge in [0.2, 0.25) is 0 Å². The third-order valence-corrected chi connectivity index (χ3v) is 1.89. The Morgan fingerprint density at radius 2 is 2.27 bits per heavy atom. The Balaban J connectivity index is 2.45. The number of carboxylic acids is 1. The van der Waals surface area contributed by atoms with Crippen LogP contribution in [0.15, 0.2) is 0 Å². The zero-order valence-corrected chi connectivity index (χ0v) is 6.12. The predicted molar refractivity (Wildman–Crippen MR) is 38.3 cm³/mol. The molecular weight excluding hydrogens is 146 g/mol. The Bertz CT molecular complexity index is 169. The van der Waals surface area contributed by atoms with E-state index in [0.717, 1.165) is 19.1 Å². The first-order valence-electron chi connectivity index (χ1n) is 3.68. The lowest BCUT2D eigenvalue weighted by Gasteiger charge is -2.24. The second kappa shape index (κ2) is 3.48. The van der Waals surface area contributed by atoms with Crippen molar-refractivity contribution in [2.45, 2.75) is 31.3 Å². The minimum Gasteiger partial charge on any atom is -0.480 e. The summed E-state index contributed by atoms with van der Waals surface area (Å²) >= 11 is 0. The standard InChI is InChI=1S/C7H11NO3/c9-4-5-2-1-3-6(8-5)7(10)11/h4-6,8H,1-3H2,(H,10,11). The van der Waals surface area contributed by atoms with Crippen LogP contribution in [0.2, 0.25) is 0 Å². The first-order valence-corrected chi connectivity index (χ1v) is 3.68. The molecule has 1 heterocycles. The lowest BCUT2D eigenvalue weighted by atomic mass is 10.00. The molecule has 1 aliphatic rings. The SMILES string of the molecule is O=CC1CCCC(C(=O)O)N1. The Morgan fingerprint density at radius 1 is 1.55 bits per heavy atom. The molecule has 0 radical (unpaired) electrons. The predicted octanol–water partition coefficient (Wildman–Crippen LogP) is -0.219. The summed E-state index contributed by atoms with van der Waals surface area (Å²) in [7, 11) is 0. The van der Waals surface area contributed by atoms with Crippen molar-refractivity contribution >= 4 is 12.3 Å². The Hall–Kier alpha value is -0.900. The number of piperidine rings is 1. The zero-order valence-electron chi connectivity index (χ0n) is 6.12. The van der Waals surface area contributed by atoms with E-state index in [1.165, 1.54) is 0 Å². The van der Waals surface area contributed by atoms with Crippen molar-refractivity contribution in [1.82, 2.24) is 5.32 Å². The first-order chi connectivity index (χ1) is 5.24. The smallest absolute Gasteiger partial charge is 0.320 e. The zero-order chi connectivity index (χ0) is 8.27. The van der Waals surface area contributed by atoms with Crippen molar-refractivity contribution < 1.29 is 14.7 Å². The number of carbonyl (C=O) groups excluding carboxylic acids is 1. The summed E-state index contributed by atoms with van der Waals surface area (Å²) in [5, 5.41) is 11.3. The number of nitrogens with one attached hydrogen (secondary N) is 1. The topological polar surface area (TPSA) is 66.4 Å². The van der Waals surface area contributed by atoms with Gasteiger partial charge in [0, 0.05) is 0 Å². The van der Waals surface area contributed by atoms with E-state index in [4.69, 9.17) is 5.11 Å². The van der Waals surface area contributed by atoms with Gasteiger partial charge in [-0.05, 0) is 19.3 Å². The molecule has 0 aromatic carbocycles. The van der Waals surface area contributed by atoms with Crippen LogP contribution in [0, 0.1) is 0 Å². The number of rotatable bonds is 2. The fraction of sp³-hybridized carbons (Fsp3) is 0.714. The maximum absolute atomic E-state index is 10.4. The normalized spacial score (nSPS) is 31.3. The van der Waals surface area contributed by atoms with Crippen molar-refractivity contribution in [1.29, 1.82) is 0 Å². The van der Waals surface area contributed by atoms with Gasteiger partial charge in [-0.25, -0.2) is 0 Å². The van der Waals surface area contributed by atoms with Gasteiger partial charge in [0.05, 0.1) is 6.04 Å². The van der Waals surface area contributed by atoms with Gasteiger partial charge in [-0.15, -0.1) is 0 Å². The van der Waals surface area contributed by atoms with Crippen molar-refractivity contribution in [2.75, 3.05) is 0 Å². The molecular formula is C7H11NO3. The molecule has 2 N–H and O–H groups in total. The van der Waals surface area contributed by atoms with Crippen molar-refractivity contribution in [3.63, 3.8) is 0 Å². The molecule has 0 saturated carbocycles. The van der Waals surface area contributed by atoms with Crippen LogP contribution in [0.5, 0.6) is 0 Å². The molecule has 4 heteroatoms. The van der Waals surface area contributed by atoms with E-state index in [0.29, 0.717) is 6.42 Å². The van der Waals surface area contributed by atoms with E-state index < -0.39 is 12.0 Å². The van der Waals surface area contributed by atoms with Gasteiger partial charge >= 0.3 is 5.97 Å². The van der Waals surface area contributed by atoms with E-state index in [1.54, 1.807) is 0 Å². The van der Waals surface area contributed by atoms with Gasteiger partial charge in [0.1, 0.15) is 12.3 Å². The van der Waals surface area contributed by atoms with E-state index in [1.807, 2.05) is 0 Å². The highest BCUT2D eigenvalue weighted by Crippen LogP contribution is 2.11. The van der Waals surface area contributed by atoms with E-state index in [-0.39, 0.29) is 6.04 Å². The van der Waals surface area contributed by atoms with Crippen LogP contribution in [0.4, 0.5) is 0 Å². The fourth-order valence-corrected chi connectivity index (χ4v) is 1.27. The van der Waals surface area contributed by atoms with Crippen LogP contribution >= 0.6 is 0 Å². The number of aldehydes is 1. The minimum atomic E-state index is -0.864. The molecule has 0 spiro atoms. The van der Waals surface area contributed by atoms with Gasteiger partial charge < -0.3 is 9.90 Å². The number of hydrogen-bond donors (Lipinski definition) is 2. The highest BCUT2D eigenvalue weighted by Gasteiger charge is 2.25. The molecule has 0 aromatic heterocycles. The Labute approximate surface area is 64.6 Å². The average Bonchev–Trinajstić information content (AvgIpc) is 2.05. The molecule has 2 unspecified atom stereocenters. The summed E-state index contributed by atoms with van der Waals surface area (Å²) in [6.45, 7) is 0. The van der Waals surface area contributed by atoms with E-state index in [9.17, 15) is 9.59 Å². The quantitative estimate of drug-likeness (QED) is 0.544. The second-order valence-electron chi connectivity index (χ2n) is 2.73. The Morgan fingerprint density at radius 3 is 2.82 bits per heavy atom. The van der Waals surface area contributed by atoms with Crippen molar-refractivity contribution in [3.05, 3.63) is 0 Å². The molecule has 62 valence electrons. The molecule has 1 rings (SSSR count). The number of carboxylic acid groups (broad SMARTS) is 1. The summed E-state index contributed by atoms with van der Waals surface area (Å²) in [6.07, 6.45) is 2.97. The highest BCUT2D eigenvalue weighted by atomic mass is 16.4. The molecule has 0 bridgehead atoms. The lowest BCUT2D eigenvalue weighted by Crippen LogP contribution is -2.47. The average molecular weight is 157 g/mol. The molecule has 0 aliphatic carbocycles. The van der Waals surface area contributed by atoms with Crippen LogP contribution in [0.25, 0.3) is 0 Å². The van der Waals surface area contributed by atoms with E-state index >= 15 is 0 Å². The third kappa shape index (κ3) is 2.01. The summed E-state index contributed by atoms with van der Waals surface area (Å²) in [6, 6.07) is -0.788. The van der Waals surface area contributed by atoms with Gasteiger partial charge in [0.15, 0.2) is 0 Å². The maximum Gasteiger partial charge on any atom is 0.320 e. The van der Waals surface area contributed by atoms with Crippen molar-refractivity contribution in [3.8, 4) is 0 Å². The largest absolute Gasteiger partial charge is 0.480 e. The molecule has 2 atom stereocenters. The number of hydrogen-bond acceptors (Lipinski definition) is 3. The fourth-order valence-electron chi connectivity index (χ4n) is 1.27. The second-order valence-corrected chi connectivity index (χ2v) is 2.73. The molecule has 1 fully saturated rings. The van der Waals surface area contributed by atoms with Crippen molar-refractivity contribution in [2.24, 2.45) is 0 Å². The number of carbonyl (C=O) groups is 2. The third-order valence-electron chi connectivity index (χ3n) is 1.89. The minimum absolute atomic E-state index is 0.259. The summed E-state index contributed by atoms with van der Waals surface area (Å²) in [5.41, 5.74) is 0. The maximum atomic E-state index is 10.4. The van der Waals surface area contributed by atoms with Gasteiger partial charge in [-0.3, -0.25) is 10.1 Å². The molecule has 1 aliphatic heterocycles. The molecule has 1 saturated heterocycles. The summed E-state index contributed by atoms with van der Waals surface area (Å²) in [4.78, 5) is 20.7. The van der Waals surface area contributed by atoms with E-state index in [2.05, 4.69) is 5.32 Å². The molecule has 0 aromatic rings. The summed E-state index contributed by atoms with van der Waals surface area (Å²) in [5.74, 6) is -0.864. The summed E-state index contributed by atoms with van der Waals surface area (Å²) < 4.78 is 0. The van der Waals surface area contributed by atoms with Crippen LogP contribution in [-0.2, 0) is 9.59 Å². The first kappa shape index (κ1) is 8.20. The lowest BCUT2D eigenvalue weighted by molar-refractivity contribution is -0.140. The van der Waals surface area contributed by atoms with Crippen LogP contribution < -0.4 is 5.32 Å². The molecule has 4 nitrogen and oxygen atoms in total. The Kier molecular flexibility index (Phi) is 2.59. The molecule has 0 amide bonds. The van der Waals surface area contributed by atoms with Crippen LogP contribution in [0.3, 0.4) is 0 Å². The molecule has 11 heavy (non-hydrogen) atoms. The van der Waals surface area contributed by atoms with Crippen LogP contribution in [-0.4, -0.2) is 29.4 Å². The monoisotopic (exact) mass is 157 g/mol. The highest BCUT2D eigenvalue weighted by molar-refractivity contribution is 5.74. The van der Waals surface area contributed by atoms with Gasteiger partial charge in [-0.2, -0.15) is 0 Å².